The van der Waals surface area contributed by atoms with Gasteiger partial charge in [0.25, 0.3) is 0 Å². The van der Waals surface area contributed by atoms with Gasteiger partial charge in [0.05, 0.1) is 17.9 Å². The third-order valence-corrected chi connectivity index (χ3v) is 7.68. The molecule has 1 N–H and O–H groups in total. The highest BCUT2D eigenvalue weighted by molar-refractivity contribution is 7.91. The van der Waals surface area contributed by atoms with Crippen molar-refractivity contribution in [2.24, 2.45) is 4.40 Å². The Bertz CT molecular complexity index is 1120. The Morgan fingerprint density at radius 3 is 2.33 bits per heavy atom. The van der Waals surface area contributed by atoms with E-state index in [1.54, 1.807) is 10.9 Å². The van der Waals surface area contributed by atoms with Crippen molar-refractivity contribution in [3.8, 4) is 0 Å². The summed E-state index contributed by atoms with van der Waals surface area (Å²) in [7, 11) is -0.537. The molecule has 33 heavy (non-hydrogen) atoms. The number of anilines is 2. The zero-order valence-corrected chi connectivity index (χ0v) is 20.7. The summed E-state index contributed by atoms with van der Waals surface area (Å²) in [6.45, 7) is 4.56. The van der Waals surface area contributed by atoms with Crippen molar-refractivity contribution in [3.63, 3.8) is 0 Å². The number of amidine groups is 1. The summed E-state index contributed by atoms with van der Waals surface area (Å²) in [5.74, 6) is 0. The van der Waals surface area contributed by atoms with Crippen LogP contribution in [-0.4, -0.2) is 56.3 Å². The third-order valence-electron chi connectivity index (χ3n) is 6.34. The van der Waals surface area contributed by atoms with E-state index in [2.05, 4.69) is 20.9 Å². The molecule has 0 radical (unpaired) electrons. The minimum atomic E-state index is -4.26. The van der Waals surface area contributed by atoms with Gasteiger partial charge in [0.15, 0.2) is 0 Å². The first-order chi connectivity index (χ1) is 15.7. The van der Waals surface area contributed by atoms with Crippen LogP contribution in [0.5, 0.6) is 0 Å². The average Bonchev–Trinajstić information content (AvgIpc) is 3.47. The minimum absolute atomic E-state index is 0.0830. The molecule has 2 aromatic rings. The highest BCUT2D eigenvalue weighted by Crippen LogP contribution is 2.38. The van der Waals surface area contributed by atoms with Gasteiger partial charge in [-0.15, -0.1) is 4.40 Å². The molecule has 0 saturated carbocycles. The van der Waals surface area contributed by atoms with Gasteiger partial charge in [-0.1, -0.05) is 6.07 Å². The van der Waals surface area contributed by atoms with E-state index in [0.29, 0.717) is 12.2 Å². The predicted octanol–water partition coefficient (Wildman–Crippen LogP) is 1.88. The molecule has 0 amide bonds. The number of rotatable bonds is 8. The molecule has 0 unspecified atom stereocenters. The van der Waals surface area contributed by atoms with Crippen molar-refractivity contribution < 1.29 is 13.5 Å². The third kappa shape index (κ3) is 5.01. The van der Waals surface area contributed by atoms with E-state index >= 15 is 0 Å². The van der Waals surface area contributed by atoms with Crippen LogP contribution in [0.15, 0.2) is 22.9 Å². The van der Waals surface area contributed by atoms with Gasteiger partial charge in [-0.25, -0.2) is 4.31 Å². The van der Waals surface area contributed by atoms with Gasteiger partial charge in [-0.05, 0) is 88.7 Å². The Kier molecular flexibility index (Phi) is 6.67. The molecule has 10 heteroatoms. The molecule has 2 aliphatic carbocycles. The average molecular weight is 474 g/mol. The number of fused-ring (bicyclic) bond motifs is 2. The van der Waals surface area contributed by atoms with Gasteiger partial charge in [-0.3, -0.25) is 4.68 Å². The van der Waals surface area contributed by atoms with Gasteiger partial charge in [-0.2, -0.15) is 13.5 Å². The zero-order valence-electron chi connectivity index (χ0n) is 19.8. The number of hydrogen-bond acceptors (Lipinski definition) is 5. The van der Waals surface area contributed by atoms with Crippen LogP contribution in [0.4, 0.5) is 11.4 Å². The highest BCUT2D eigenvalue weighted by Gasteiger charge is 2.26. The fraction of sp³-hybridized carbons (Fsp3) is 0.565. The predicted molar refractivity (Wildman–Crippen MR) is 129 cm³/mol. The van der Waals surface area contributed by atoms with E-state index in [9.17, 15) is 13.5 Å². The molecule has 2 aliphatic rings. The van der Waals surface area contributed by atoms with Crippen molar-refractivity contribution in [1.82, 2.24) is 14.7 Å². The summed E-state index contributed by atoms with van der Waals surface area (Å²) in [6, 6.07) is 1.50. The number of aromatic nitrogens is 2. The SMILES string of the molecule is CC(C)n1cc(N(CCN(C)C)S(=O)(=O)/N=C(\[O-])Nc2c3c(cc4c2CCC4)CCC3)cn1. The Morgan fingerprint density at radius 1 is 1.15 bits per heavy atom. The van der Waals surface area contributed by atoms with Crippen LogP contribution in [0.1, 0.15) is 55.0 Å². The van der Waals surface area contributed by atoms with Crippen LogP contribution in [-0.2, 0) is 35.9 Å². The summed E-state index contributed by atoms with van der Waals surface area (Å²) in [6.07, 6.45) is 9.06. The van der Waals surface area contributed by atoms with Gasteiger partial charge >= 0.3 is 10.2 Å². The van der Waals surface area contributed by atoms with Crippen LogP contribution >= 0.6 is 0 Å². The molecular weight excluding hydrogens is 440 g/mol. The summed E-state index contributed by atoms with van der Waals surface area (Å²) >= 11 is 0. The molecule has 0 bridgehead atoms. The van der Waals surface area contributed by atoms with Crippen LogP contribution in [0.3, 0.4) is 0 Å². The van der Waals surface area contributed by atoms with E-state index in [1.165, 1.54) is 17.3 Å². The molecule has 9 nitrogen and oxygen atoms in total. The summed E-state index contributed by atoms with van der Waals surface area (Å²) in [5, 5.41) is 20.0. The molecule has 4 rings (SSSR count). The first-order valence-corrected chi connectivity index (χ1v) is 13.0. The summed E-state index contributed by atoms with van der Waals surface area (Å²) in [4.78, 5) is 1.88. The molecule has 0 atom stereocenters. The van der Waals surface area contributed by atoms with Gasteiger partial charge < -0.3 is 15.3 Å². The smallest absolute Gasteiger partial charge is 0.345 e. The normalized spacial score (nSPS) is 15.9. The van der Waals surface area contributed by atoms with Crippen molar-refractivity contribution in [2.75, 3.05) is 36.8 Å². The topological polar surface area (TPSA) is 106 Å². The van der Waals surface area contributed by atoms with Gasteiger partial charge in [0, 0.05) is 31.0 Å². The lowest BCUT2D eigenvalue weighted by Gasteiger charge is -2.24. The minimum Gasteiger partial charge on any atom is -0.845 e. The molecule has 1 aromatic carbocycles. The maximum atomic E-state index is 13.2. The first-order valence-electron chi connectivity index (χ1n) is 11.6. The summed E-state index contributed by atoms with van der Waals surface area (Å²) < 4.78 is 33.0. The lowest BCUT2D eigenvalue weighted by Crippen LogP contribution is -2.38. The maximum Gasteiger partial charge on any atom is 0.345 e. The standard InChI is InChI=1S/C23H34N6O3S/c1-16(2)28-15-19(14-24-28)29(12-11-27(3)4)33(31,32)26-23(30)25-22-20-9-5-7-17(20)13-18-8-6-10-21(18)22/h13-16H,5-12H2,1-4H3,(H2,25,26,30)/p-1. The van der Waals surface area contributed by atoms with Crippen molar-refractivity contribution in [2.45, 2.75) is 58.4 Å². The highest BCUT2D eigenvalue weighted by atomic mass is 32.2. The first kappa shape index (κ1) is 23.6. The fourth-order valence-electron chi connectivity index (χ4n) is 4.66. The van der Waals surface area contributed by atoms with Crippen LogP contribution < -0.4 is 14.7 Å². The molecule has 0 fully saturated rings. The molecule has 0 aliphatic heterocycles. The van der Waals surface area contributed by atoms with Gasteiger partial charge in [0.2, 0.25) is 0 Å². The van der Waals surface area contributed by atoms with Crippen LogP contribution in [0.25, 0.3) is 0 Å². The lowest BCUT2D eigenvalue weighted by atomic mass is 9.99. The van der Waals surface area contributed by atoms with Crippen molar-refractivity contribution >= 4 is 27.6 Å². The second-order valence-electron chi connectivity index (χ2n) is 9.38. The van der Waals surface area contributed by atoms with Crippen molar-refractivity contribution in [1.29, 1.82) is 0 Å². The maximum absolute atomic E-state index is 13.2. The molecule has 180 valence electrons. The van der Waals surface area contributed by atoms with E-state index in [1.807, 2.05) is 32.8 Å². The summed E-state index contributed by atoms with van der Waals surface area (Å²) in [5.41, 5.74) is 5.99. The number of nitrogens with zero attached hydrogens (tertiary/aromatic N) is 5. The van der Waals surface area contributed by atoms with E-state index in [4.69, 9.17) is 0 Å². The van der Waals surface area contributed by atoms with Crippen molar-refractivity contribution in [3.05, 3.63) is 40.7 Å². The largest absolute Gasteiger partial charge is 0.845 e. The van der Waals surface area contributed by atoms with Crippen LogP contribution in [0, 0.1) is 0 Å². The number of nitrogens with one attached hydrogen (secondary N) is 1. The number of benzene rings is 1. The quantitative estimate of drug-likeness (QED) is 0.464. The second-order valence-corrected chi connectivity index (χ2v) is 10.9. The molecule has 0 spiro atoms. The number of likely N-dealkylation sites (N-methyl/N-ethyl adjacent to an activating group) is 1. The Labute approximate surface area is 196 Å². The van der Waals surface area contributed by atoms with Crippen LogP contribution in [0.2, 0.25) is 0 Å². The Hall–Kier alpha value is -2.59. The monoisotopic (exact) mass is 473 g/mol. The zero-order chi connectivity index (χ0) is 23.8. The number of aryl methyl sites for hydroxylation is 2. The lowest BCUT2D eigenvalue weighted by molar-refractivity contribution is -0.213. The Balaban J connectivity index is 1.64. The molecule has 0 saturated heterocycles. The number of hydrogen-bond donors (Lipinski definition) is 1. The van der Waals surface area contributed by atoms with E-state index < -0.39 is 16.2 Å². The second kappa shape index (κ2) is 9.34. The van der Waals surface area contributed by atoms with E-state index in [0.717, 1.165) is 59.6 Å². The van der Waals surface area contributed by atoms with E-state index in [-0.39, 0.29) is 12.6 Å². The molecule has 1 aromatic heterocycles. The fourth-order valence-corrected chi connectivity index (χ4v) is 5.69. The Morgan fingerprint density at radius 2 is 1.79 bits per heavy atom. The van der Waals surface area contributed by atoms with Gasteiger partial charge in [0.1, 0.15) is 0 Å². The molecule has 1 heterocycles. The molecular formula is C23H33N6O3S-.